The Bertz CT molecular complexity index is 468. The molecule has 0 radical (unpaired) electrons. The van der Waals surface area contributed by atoms with E-state index in [2.05, 4.69) is 20.8 Å². The number of hydrogen-bond donors (Lipinski definition) is 0. The second-order valence-corrected chi connectivity index (χ2v) is 4.40. The highest BCUT2D eigenvalue weighted by atomic mass is 17.0. The van der Waals surface area contributed by atoms with E-state index < -0.39 is 0 Å². The van der Waals surface area contributed by atoms with Crippen LogP contribution in [0.3, 0.4) is 0 Å². The standard InChI is InChI=1S/C11H12O3/c1-11(2,3)8-5-4-7(6-12)9-10(8)14-13-9/h4-6H,1-3H3. The van der Waals surface area contributed by atoms with E-state index in [1.165, 1.54) is 0 Å². The molecular weight excluding hydrogens is 180 g/mol. The lowest BCUT2D eigenvalue weighted by molar-refractivity contribution is 0.0564. The van der Waals surface area contributed by atoms with E-state index in [0.717, 1.165) is 11.8 Å². The summed E-state index contributed by atoms with van der Waals surface area (Å²) in [5.74, 6) is 0. The van der Waals surface area contributed by atoms with Crippen molar-refractivity contribution in [1.82, 2.24) is 0 Å². The van der Waals surface area contributed by atoms with Crippen molar-refractivity contribution in [1.29, 1.82) is 0 Å². The molecule has 14 heavy (non-hydrogen) atoms. The van der Waals surface area contributed by atoms with Crippen molar-refractivity contribution in [3.8, 4) is 0 Å². The minimum Gasteiger partial charge on any atom is -0.298 e. The second-order valence-electron chi connectivity index (χ2n) is 4.40. The maximum Gasteiger partial charge on any atom is 0.236 e. The molecule has 0 aliphatic heterocycles. The van der Waals surface area contributed by atoms with Crippen LogP contribution in [0, 0.1) is 0 Å². The van der Waals surface area contributed by atoms with Gasteiger partial charge in [0.05, 0.1) is 5.56 Å². The van der Waals surface area contributed by atoms with Gasteiger partial charge in [0.15, 0.2) is 6.29 Å². The first-order chi connectivity index (χ1) is 6.54. The Balaban J connectivity index is 2.67. The van der Waals surface area contributed by atoms with Crippen molar-refractivity contribution in [2.75, 3.05) is 0 Å². The highest BCUT2D eigenvalue weighted by Gasteiger charge is 2.23. The van der Waals surface area contributed by atoms with Crippen molar-refractivity contribution >= 4 is 17.5 Å². The van der Waals surface area contributed by atoms with E-state index in [4.69, 9.17) is 9.15 Å². The smallest absolute Gasteiger partial charge is 0.236 e. The van der Waals surface area contributed by atoms with Gasteiger partial charge < -0.3 is 0 Å². The Hall–Kier alpha value is -1.51. The summed E-state index contributed by atoms with van der Waals surface area (Å²) in [6.07, 6.45) is 0.772. The van der Waals surface area contributed by atoms with Gasteiger partial charge in [-0.05, 0) is 11.5 Å². The molecule has 0 atom stereocenters. The molecule has 0 aliphatic carbocycles. The molecule has 0 spiro atoms. The molecule has 74 valence electrons. The Morgan fingerprint density at radius 2 is 1.79 bits per heavy atom. The van der Waals surface area contributed by atoms with Crippen molar-refractivity contribution in [3.05, 3.63) is 23.3 Å². The highest BCUT2D eigenvalue weighted by molar-refractivity contribution is 5.94. The monoisotopic (exact) mass is 192 g/mol. The number of carbonyl (C=O) groups is 1. The zero-order valence-electron chi connectivity index (χ0n) is 8.46. The topological polar surface area (TPSA) is 43.4 Å². The van der Waals surface area contributed by atoms with Gasteiger partial charge in [-0.2, -0.15) is 0 Å². The van der Waals surface area contributed by atoms with Crippen LogP contribution in [-0.4, -0.2) is 6.29 Å². The highest BCUT2D eigenvalue weighted by Crippen LogP contribution is 2.33. The van der Waals surface area contributed by atoms with Gasteiger partial charge in [0, 0.05) is 5.56 Å². The summed E-state index contributed by atoms with van der Waals surface area (Å²) < 4.78 is 9.72. The van der Waals surface area contributed by atoms with E-state index >= 15 is 0 Å². The lowest BCUT2D eigenvalue weighted by Gasteiger charge is -2.20. The minimum atomic E-state index is -0.00468. The predicted molar refractivity (Wildman–Crippen MR) is 52.6 cm³/mol. The molecule has 1 aromatic heterocycles. The number of carbonyl (C=O) groups excluding carboxylic acids is 1. The summed E-state index contributed by atoms with van der Waals surface area (Å²) in [6, 6.07) is 3.67. The molecule has 3 nitrogen and oxygen atoms in total. The summed E-state index contributed by atoms with van der Waals surface area (Å²) in [6.45, 7) is 6.26. The Morgan fingerprint density at radius 3 is 2.21 bits per heavy atom. The van der Waals surface area contributed by atoms with E-state index in [9.17, 15) is 4.79 Å². The fourth-order valence-electron chi connectivity index (χ4n) is 1.48. The molecule has 0 N–H and O–H groups in total. The van der Waals surface area contributed by atoms with Crippen LogP contribution < -0.4 is 0 Å². The van der Waals surface area contributed by atoms with Crippen LogP contribution in [0.1, 0.15) is 36.7 Å². The van der Waals surface area contributed by atoms with Gasteiger partial charge in [0.1, 0.15) is 0 Å². The number of aldehydes is 1. The first kappa shape index (κ1) is 9.06. The molecule has 0 bridgehead atoms. The first-order valence-corrected chi connectivity index (χ1v) is 4.51. The molecule has 2 rings (SSSR count). The summed E-state index contributed by atoms with van der Waals surface area (Å²) in [7, 11) is 0. The average Bonchev–Trinajstić information content (AvgIpc) is 2.03. The zero-order chi connectivity index (χ0) is 10.3. The number of hydrogen-bond acceptors (Lipinski definition) is 3. The maximum atomic E-state index is 10.6. The van der Waals surface area contributed by atoms with Crippen molar-refractivity contribution in [2.24, 2.45) is 0 Å². The molecule has 0 saturated carbocycles. The lowest BCUT2D eigenvalue weighted by atomic mass is 9.86. The average molecular weight is 192 g/mol. The van der Waals surface area contributed by atoms with Gasteiger partial charge in [-0.15, -0.1) is 0 Å². The lowest BCUT2D eigenvalue weighted by Crippen LogP contribution is -2.12. The molecule has 1 aromatic carbocycles. The van der Waals surface area contributed by atoms with Crippen LogP contribution in [-0.2, 0) is 5.41 Å². The quantitative estimate of drug-likeness (QED) is 0.515. The fourth-order valence-corrected chi connectivity index (χ4v) is 1.48. The van der Waals surface area contributed by atoms with Gasteiger partial charge >= 0.3 is 0 Å². The first-order valence-electron chi connectivity index (χ1n) is 4.51. The molecule has 0 fully saturated rings. The Morgan fingerprint density at radius 1 is 1.14 bits per heavy atom. The Kier molecular flexibility index (Phi) is 1.77. The van der Waals surface area contributed by atoms with Crippen molar-refractivity contribution < 1.29 is 13.9 Å². The summed E-state index contributed by atoms with van der Waals surface area (Å²) in [5.41, 5.74) is 2.85. The van der Waals surface area contributed by atoms with Crippen molar-refractivity contribution in [3.63, 3.8) is 0 Å². The normalized spacial score (nSPS) is 12.2. The van der Waals surface area contributed by atoms with E-state index in [-0.39, 0.29) is 5.41 Å². The van der Waals surface area contributed by atoms with Gasteiger partial charge in [-0.1, -0.05) is 26.8 Å². The summed E-state index contributed by atoms with van der Waals surface area (Å²) >= 11 is 0. The van der Waals surface area contributed by atoms with Gasteiger partial charge in [0.25, 0.3) is 0 Å². The summed E-state index contributed by atoms with van der Waals surface area (Å²) in [4.78, 5) is 10.6. The van der Waals surface area contributed by atoms with Crippen LogP contribution in [0.5, 0.6) is 0 Å². The van der Waals surface area contributed by atoms with Crippen LogP contribution in [0.15, 0.2) is 21.3 Å². The number of rotatable bonds is 1. The van der Waals surface area contributed by atoms with Crippen LogP contribution >= 0.6 is 0 Å². The van der Waals surface area contributed by atoms with E-state index in [1.54, 1.807) is 6.07 Å². The molecule has 0 aliphatic rings. The SMILES string of the molecule is CC(C)(C)c1ccc(C=O)c2ooc12. The van der Waals surface area contributed by atoms with Gasteiger partial charge in [-0.25, -0.2) is 0 Å². The maximum absolute atomic E-state index is 10.6. The van der Waals surface area contributed by atoms with E-state index in [1.807, 2.05) is 6.07 Å². The van der Waals surface area contributed by atoms with Crippen molar-refractivity contribution in [2.45, 2.75) is 26.2 Å². The van der Waals surface area contributed by atoms with Gasteiger partial charge in [0.2, 0.25) is 11.2 Å². The molecule has 1 heterocycles. The molecular formula is C11H12O3. The zero-order valence-corrected chi connectivity index (χ0v) is 8.46. The predicted octanol–water partition coefficient (Wildman–Crippen LogP) is 3.14. The number of benzene rings is 1. The van der Waals surface area contributed by atoms with Crippen LogP contribution in [0.2, 0.25) is 0 Å². The molecule has 2 aromatic rings. The molecule has 3 heteroatoms. The Labute approximate surface area is 81.6 Å². The third-order valence-corrected chi connectivity index (χ3v) is 2.29. The van der Waals surface area contributed by atoms with Crippen LogP contribution in [0.4, 0.5) is 0 Å². The number of fused-ring (bicyclic) bond motifs is 1. The van der Waals surface area contributed by atoms with E-state index in [0.29, 0.717) is 16.7 Å². The molecule has 0 saturated heterocycles. The molecule has 0 amide bonds. The second kappa shape index (κ2) is 2.74. The third-order valence-electron chi connectivity index (χ3n) is 2.29. The summed E-state index contributed by atoms with van der Waals surface area (Å²) in [5, 5.41) is 0. The third kappa shape index (κ3) is 1.16. The van der Waals surface area contributed by atoms with Gasteiger partial charge in [-0.3, -0.25) is 13.9 Å². The fraction of sp³-hybridized carbons (Fsp3) is 0.364. The minimum absolute atomic E-state index is 0.00468. The largest absolute Gasteiger partial charge is 0.298 e. The molecule has 0 unspecified atom stereocenters. The van der Waals surface area contributed by atoms with Crippen LogP contribution in [0.25, 0.3) is 11.2 Å².